The molecule has 0 aliphatic carbocycles. The van der Waals surface area contributed by atoms with Crippen LogP contribution in [0.3, 0.4) is 0 Å². The molecule has 0 N–H and O–H groups in total. The standard InChI is InChI=1S/C7H8N2O3S/c1-5(10)6-3-4-8-7(9-6)13(2,11)12/h3-4H,1-2H3. The van der Waals surface area contributed by atoms with Crippen LogP contribution in [0.4, 0.5) is 0 Å². The highest BCUT2D eigenvalue weighted by atomic mass is 32.2. The van der Waals surface area contributed by atoms with E-state index in [1.807, 2.05) is 0 Å². The number of sulfone groups is 1. The van der Waals surface area contributed by atoms with Gasteiger partial charge < -0.3 is 0 Å². The highest BCUT2D eigenvalue weighted by molar-refractivity contribution is 7.90. The number of hydrogen-bond acceptors (Lipinski definition) is 5. The Balaban J connectivity index is 3.29. The second kappa shape index (κ2) is 3.21. The summed E-state index contributed by atoms with van der Waals surface area (Å²) < 4.78 is 21.9. The van der Waals surface area contributed by atoms with Gasteiger partial charge in [-0.3, -0.25) is 4.79 Å². The van der Waals surface area contributed by atoms with E-state index in [0.717, 1.165) is 6.26 Å². The zero-order chi connectivity index (χ0) is 10.1. The van der Waals surface area contributed by atoms with Crippen LogP contribution in [0.5, 0.6) is 0 Å². The van der Waals surface area contributed by atoms with Crippen LogP contribution >= 0.6 is 0 Å². The molecule has 0 fully saturated rings. The van der Waals surface area contributed by atoms with Crippen LogP contribution < -0.4 is 0 Å². The van der Waals surface area contributed by atoms with Gasteiger partial charge in [0.2, 0.25) is 15.0 Å². The number of nitrogens with zero attached hydrogens (tertiary/aromatic N) is 2. The summed E-state index contributed by atoms with van der Waals surface area (Å²) >= 11 is 0. The van der Waals surface area contributed by atoms with Gasteiger partial charge in [0.1, 0.15) is 5.69 Å². The van der Waals surface area contributed by atoms with E-state index >= 15 is 0 Å². The molecule has 0 saturated heterocycles. The summed E-state index contributed by atoms with van der Waals surface area (Å²) in [4.78, 5) is 18.0. The number of carbonyl (C=O) groups is 1. The molecule has 0 aliphatic rings. The molecule has 5 nitrogen and oxygen atoms in total. The van der Waals surface area contributed by atoms with Crippen LogP contribution in [0.1, 0.15) is 17.4 Å². The zero-order valence-electron chi connectivity index (χ0n) is 7.18. The Morgan fingerprint density at radius 2 is 2.08 bits per heavy atom. The zero-order valence-corrected chi connectivity index (χ0v) is 8.00. The van der Waals surface area contributed by atoms with Crippen molar-refractivity contribution in [2.24, 2.45) is 0 Å². The third kappa shape index (κ3) is 2.32. The predicted octanol–water partition coefficient (Wildman–Crippen LogP) is 0.0827. The first kappa shape index (κ1) is 9.79. The minimum absolute atomic E-state index is 0.107. The molecule has 0 spiro atoms. The van der Waals surface area contributed by atoms with Crippen molar-refractivity contribution in [3.05, 3.63) is 18.0 Å². The summed E-state index contributed by atoms with van der Waals surface area (Å²) in [5, 5.41) is -0.319. The molecule has 1 heterocycles. The van der Waals surface area contributed by atoms with Gasteiger partial charge in [0.25, 0.3) is 0 Å². The Bertz CT molecular complexity index is 439. The molecule has 1 rings (SSSR count). The topological polar surface area (TPSA) is 77.0 Å². The van der Waals surface area contributed by atoms with Crippen molar-refractivity contribution in [1.29, 1.82) is 0 Å². The fraction of sp³-hybridized carbons (Fsp3) is 0.286. The van der Waals surface area contributed by atoms with Crippen LogP contribution in [-0.2, 0) is 9.84 Å². The molecule has 0 atom stereocenters. The molecule has 70 valence electrons. The van der Waals surface area contributed by atoms with Crippen LogP contribution in [0.15, 0.2) is 17.4 Å². The molecular weight excluding hydrogens is 192 g/mol. The molecule has 1 aromatic heterocycles. The number of Topliss-reactive ketones (excluding diaryl/α,β-unsaturated/α-hetero) is 1. The summed E-state index contributed by atoms with van der Waals surface area (Å²) in [6, 6.07) is 1.37. The van der Waals surface area contributed by atoms with Crippen LogP contribution in [-0.4, -0.2) is 30.4 Å². The normalized spacial score (nSPS) is 11.2. The third-order valence-electron chi connectivity index (χ3n) is 1.33. The SMILES string of the molecule is CC(=O)c1ccnc(S(C)(=O)=O)n1. The van der Waals surface area contributed by atoms with E-state index in [1.165, 1.54) is 19.2 Å². The molecule has 0 aromatic carbocycles. The van der Waals surface area contributed by atoms with Crippen molar-refractivity contribution < 1.29 is 13.2 Å². The van der Waals surface area contributed by atoms with Crippen molar-refractivity contribution in [3.8, 4) is 0 Å². The summed E-state index contributed by atoms with van der Waals surface area (Å²) in [7, 11) is -3.43. The molecule has 13 heavy (non-hydrogen) atoms. The molecular formula is C7H8N2O3S. The van der Waals surface area contributed by atoms with Crippen molar-refractivity contribution >= 4 is 15.6 Å². The second-order valence-electron chi connectivity index (χ2n) is 2.55. The van der Waals surface area contributed by atoms with E-state index in [0.29, 0.717) is 0 Å². The fourth-order valence-corrected chi connectivity index (χ4v) is 1.23. The maximum Gasteiger partial charge on any atom is 0.247 e. The largest absolute Gasteiger partial charge is 0.293 e. The Hall–Kier alpha value is -1.30. The van der Waals surface area contributed by atoms with E-state index in [9.17, 15) is 13.2 Å². The lowest BCUT2D eigenvalue weighted by atomic mass is 10.3. The maximum atomic E-state index is 11.0. The van der Waals surface area contributed by atoms with Gasteiger partial charge in [0, 0.05) is 19.4 Å². The van der Waals surface area contributed by atoms with E-state index in [1.54, 1.807) is 0 Å². The van der Waals surface area contributed by atoms with Crippen molar-refractivity contribution in [2.75, 3.05) is 6.26 Å². The molecule has 1 aromatic rings. The first-order valence-electron chi connectivity index (χ1n) is 3.45. The van der Waals surface area contributed by atoms with E-state index in [2.05, 4.69) is 9.97 Å². The second-order valence-corrected chi connectivity index (χ2v) is 4.46. The molecule has 0 aliphatic heterocycles. The van der Waals surface area contributed by atoms with Crippen molar-refractivity contribution in [1.82, 2.24) is 9.97 Å². The van der Waals surface area contributed by atoms with Crippen molar-refractivity contribution in [2.45, 2.75) is 12.1 Å². The molecule has 6 heteroatoms. The smallest absolute Gasteiger partial charge is 0.247 e. The highest BCUT2D eigenvalue weighted by Crippen LogP contribution is 2.02. The number of ketones is 1. The fourth-order valence-electron chi connectivity index (χ4n) is 0.716. The molecule has 0 amide bonds. The summed E-state index contributed by atoms with van der Waals surface area (Å²) in [5.41, 5.74) is 0.107. The lowest BCUT2D eigenvalue weighted by Gasteiger charge is -1.97. The quantitative estimate of drug-likeness (QED) is 0.499. The van der Waals surface area contributed by atoms with Crippen LogP contribution in [0.2, 0.25) is 0 Å². The first-order chi connectivity index (χ1) is 5.91. The Labute approximate surface area is 75.8 Å². The summed E-state index contributed by atoms with van der Waals surface area (Å²) in [6.07, 6.45) is 2.24. The minimum Gasteiger partial charge on any atom is -0.293 e. The number of rotatable bonds is 2. The van der Waals surface area contributed by atoms with Gasteiger partial charge in [0.05, 0.1) is 0 Å². The van der Waals surface area contributed by atoms with Gasteiger partial charge >= 0.3 is 0 Å². The molecule has 0 radical (unpaired) electrons. The van der Waals surface area contributed by atoms with E-state index in [4.69, 9.17) is 0 Å². The number of aromatic nitrogens is 2. The highest BCUT2D eigenvalue weighted by Gasteiger charge is 2.12. The van der Waals surface area contributed by atoms with Gasteiger partial charge in [-0.25, -0.2) is 18.4 Å². The van der Waals surface area contributed by atoms with Crippen LogP contribution in [0, 0.1) is 0 Å². The van der Waals surface area contributed by atoms with Gasteiger partial charge in [0.15, 0.2) is 5.78 Å². The van der Waals surface area contributed by atoms with Crippen LogP contribution in [0.25, 0.3) is 0 Å². The Morgan fingerprint density at radius 3 is 2.54 bits per heavy atom. The number of hydrogen-bond donors (Lipinski definition) is 0. The minimum atomic E-state index is -3.43. The molecule has 0 unspecified atom stereocenters. The third-order valence-corrected chi connectivity index (χ3v) is 2.19. The van der Waals surface area contributed by atoms with Gasteiger partial charge in [-0.1, -0.05) is 0 Å². The average Bonchev–Trinajstić information content (AvgIpc) is 2.03. The summed E-state index contributed by atoms with van der Waals surface area (Å²) in [6.45, 7) is 1.31. The van der Waals surface area contributed by atoms with Gasteiger partial charge in [-0.2, -0.15) is 0 Å². The monoisotopic (exact) mass is 200 g/mol. The molecule has 0 bridgehead atoms. The maximum absolute atomic E-state index is 11.0. The molecule has 0 saturated carbocycles. The number of carbonyl (C=O) groups excluding carboxylic acids is 1. The first-order valence-corrected chi connectivity index (χ1v) is 5.34. The van der Waals surface area contributed by atoms with Crippen molar-refractivity contribution in [3.63, 3.8) is 0 Å². The van der Waals surface area contributed by atoms with Gasteiger partial charge in [-0.05, 0) is 6.07 Å². The van der Waals surface area contributed by atoms with Gasteiger partial charge in [-0.15, -0.1) is 0 Å². The average molecular weight is 200 g/mol. The lowest BCUT2D eigenvalue weighted by Crippen LogP contribution is -2.07. The predicted molar refractivity (Wildman–Crippen MR) is 45.1 cm³/mol. The Kier molecular flexibility index (Phi) is 2.42. The summed E-state index contributed by atoms with van der Waals surface area (Å²) in [5.74, 6) is -0.285. The van der Waals surface area contributed by atoms with E-state index in [-0.39, 0.29) is 16.6 Å². The Morgan fingerprint density at radius 1 is 1.46 bits per heavy atom. The lowest BCUT2D eigenvalue weighted by molar-refractivity contribution is 0.101. The van der Waals surface area contributed by atoms with E-state index < -0.39 is 9.84 Å².